The largest absolute Gasteiger partial charge is 0.507 e. The SMILES string of the molecule is C=CCOc1ccc(/C(O)=C2/C(=O)C(=O)N(CCCOC)C23C(=O)N(CC)c2ccccc23)cc1C. The fourth-order valence-corrected chi connectivity index (χ4v) is 5.10. The number of nitrogens with zero attached hydrogens (tertiary/aromatic N) is 2. The van der Waals surface area contributed by atoms with Gasteiger partial charge in [-0.3, -0.25) is 14.4 Å². The molecule has 1 atom stereocenters. The lowest BCUT2D eigenvalue weighted by molar-refractivity contribution is -0.143. The normalized spacial score (nSPS) is 20.4. The number of fused-ring (bicyclic) bond motifs is 2. The number of benzene rings is 2. The van der Waals surface area contributed by atoms with Crippen molar-refractivity contribution in [3.05, 3.63) is 77.4 Å². The van der Waals surface area contributed by atoms with Crippen molar-refractivity contribution in [2.24, 2.45) is 0 Å². The van der Waals surface area contributed by atoms with Crippen molar-refractivity contribution in [3.8, 4) is 5.75 Å². The summed E-state index contributed by atoms with van der Waals surface area (Å²) in [5.74, 6) is -1.96. The molecule has 0 saturated carbocycles. The standard InChI is InChI=1S/C28H30N2O6/c1-5-15-36-22-13-12-19(17-18(22)3)24(31)23-25(32)26(33)30(14-9-16-35-4)28(23)20-10-7-8-11-21(20)29(6-2)27(28)34/h5,7-8,10-13,17,31H,1,6,9,14-16H2,2-4H3/b24-23+. The average molecular weight is 491 g/mol. The molecular weight excluding hydrogens is 460 g/mol. The van der Waals surface area contributed by atoms with Gasteiger partial charge in [-0.1, -0.05) is 30.9 Å². The van der Waals surface area contributed by atoms with Gasteiger partial charge in [-0.05, 0) is 50.1 Å². The first kappa shape index (κ1) is 25.2. The average Bonchev–Trinajstić information content (AvgIpc) is 3.26. The van der Waals surface area contributed by atoms with E-state index in [1.807, 2.05) is 13.8 Å². The number of carbonyl (C=O) groups is 3. The third-order valence-corrected chi connectivity index (χ3v) is 6.66. The molecular formula is C28H30N2O6. The summed E-state index contributed by atoms with van der Waals surface area (Å²) in [6, 6.07) is 12.0. The second-order valence-corrected chi connectivity index (χ2v) is 8.71. The summed E-state index contributed by atoms with van der Waals surface area (Å²) in [7, 11) is 1.55. The highest BCUT2D eigenvalue weighted by Gasteiger charge is 2.66. The molecule has 0 radical (unpaired) electrons. The maximum Gasteiger partial charge on any atom is 0.296 e. The van der Waals surface area contributed by atoms with Gasteiger partial charge in [0.1, 0.15) is 18.1 Å². The van der Waals surface area contributed by atoms with E-state index in [1.165, 1.54) is 4.90 Å². The number of aliphatic hydroxyl groups excluding tert-OH is 1. The van der Waals surface area contributed by atoms with Gasteiger partial charge in [0.05, 0.1) is 11.3 Å². The number of ether oxygens (including phenoxy) is 2. The lowest BCUT2D eigenvalue weighted by Gasteiger charge is -2.34. The van der Waals surface area contributed by atoms with Gasteiger partial charge >= 0.3 is 0 Å². The van der Waals surface area contributed by atoms with Gasteiger partial charge in [0.15, 0.2) is 5.54 Å². The number of hydrogen-bond donors (Lipinski definition) is 1. The molecule has 2 heterocycles. The van der Waals surface area contributed by atoms with Crippen molar-refractivity contribution >= 4 is 29.0 Å². The van der Waals surface area contributed by atoms with E-state index in [2.05, 4.69) is 6.58 Å². The molecule has 1 spiro atoms. The number of carbonyl (C=O) groups excluding carboxylic acids is 3. The van der Waals surface area contributed by atoms with Gasteiger partial charge < -0.3 is 24.4 Å². The number of amides is 2. The maximum atomic E-state index is 14.1. The molecule has 2 aliphatic rings. The Hall–Kier alpha value is -3.91. The number of ketones is 1. The van der Waals surface area contributed by atoms with Crippen molar-refractivity contribution in [2.75, 3.05) is 38.3 Å². The second kappa shape index (κ2) is 9.99. The highest BCUT2D eigenvalue weighted by Crippen LogP contribution is 2.53. The van der Waals surface area contributed by atoms with Crippen LogP contribution in [0.3, 0.4) is 0 Å². The maximum absolute atomic E-state index is 14.1. The smallest absolute Gasteiger partial charge is 0.296 e. The van der Waals surface area contributed by atoms with Crippen LogP contribution in [0.4, 0.5) is 5.69 Å². The minimum atomic E-state index is -1.76. The number of likely N-dealkylation sites (N-methyl/N-ethyl adjacent to an activating group) is 1. The van der Waals surface area contributed by atoms with Crippen molar-refractivity contribution < 1.29 is 29.0 Å². The van der Waals surface area contributed by atoms with Crippen molar-refractivity contribution in [1.29, 1.82) is 0 Å². The van der Waals surface area contributed by atoms with Crippen molar-refractivity contribution in [2.45, 2.75) is 25.8 Å². The number of aryl methyl sites for hydroxylation is 1. The quantitative estimate of drug-likeness (QED) is 0.190. The number of rotatable bonds is 9. The summed E-state index contributed by atoms with van der Waals surface area (Å²) in [5.41, 5.74) is 0.157. The summed E-state index contributed by atoms with van der Waals surface area (Å²) in [6.45, 7) is 8.40. The first-order chi connectivity index (χ1) is 17.3. The van der Waals surface area contributed by atoms with E-state index in [4.69, 9.17) is 9.47 Å². The van der Waals surface area contributed by atoms with Crippen LogP contribution < -0.4 is 9.64 Å². The molecule has 2 amide bonds. The van der Waals surface area contributed by atoms with E-state index in [1.54, 1.807) is 60.6 Å². The van der Waals surface area contributed by atoms with Gasteiger partial charge in [-0.2, -0.15) is 0 Å². The zero-order valence-electron chi connectivity index (χ0n) is 20.7. The molecule has 8 heteroatoms. The molecule has 188 valence electrons. The van der Waals surface area contributed by atoms with E-state index < -0.39 is 28.9 Å². The Kier molecular flexibility index (Phi) is 6.99. The molecule has 36 heavy (non-hydrogen) atoms. The number of Topliss-reactive ketones (excluding diaryl/α,β-unsaturated/α-hetero) is 1. The van der Waals surface area contributed by atoms with Gasteiger partial charge in [-0.25, -0.2) is 0 Å². The fraction of sp³-hybridized carbons (Fsp3) is 0.321. The van der Waals surface area contributed by atoms with Gasteiger partial charge in [-0.15, -0.1) is 0 Å². The zero-order chi connectivity index (χ0) is 26.0. The lowest BCUT2D eigenvalue weighted by Crippen LogP contribution is -2.52. The van der Waals surface area contributed by atoms with Crippen LogP contribution in [0.1, 0.15) is 30.0 Å². The minimum Gasteiger partial charge on any atom is -0.507 e. The van der Waals surface area contributed by atoms with Crippen LogP contribution in [0.2, 0.25) is 0 Å². The van der Waals surface area contributed by atoms with Gasteiger partial charge in [0.2, 0.25) is 0 Å². The van der Waals surface area contributed by atoms with Gasteiger partial charge in [0.25, 0.3) is 17.6 Å². The van der Waals surface area contributed by atoms with E-state index >= 15 is 0 Å². The van der Waals surface area contributed by atoms with Crippen LogP contribution in [-0.4, -0.2) is 61.0 Å². The Morgan fingerprint density at radius 2 is 1.92 bits per heavy atom. The van der Waals surface area contributed by atoms with E-state index in [9.17, 15) is 19.5 Å². The molecule has 1 saturated heterocycles. The third kappa shape index (κ3) is 3.69. The summed E-state index contributed by atoms with van der Waals surface area (Å²) >= 11 is 0. The Bertz CT molecular complexity index is 1270. The Morgan fingerprint density at radius 1 is 1.17 bits per heavy atom. The summed E-state index contributed by atoms with van der Waals surface area (Å²) < 4.78 is 10.8. The number of anilines is 1. The number of para-hydroxylation sites is 1. The lowest BCUT2D eigenvalue weighted by atomic mass is 9.81. The summed E-state index contributed by atoms with van der Waals surface area (Å²) in [4.78, 5) is 43.9. The van der Waals surface area contributed by atoms with E-state index in [-0.39, 0.29) is 12.1 Å². The summed E-state index contributed by atoms with van der Waals surface area (Å²) in [5, 5.41) is 11.5. The Labute approximate surface area is 210 Å². The highest BCUT2D eigenvalue weighted by molar-refractivity contribution is 6.50. The number of aliphatic hydroxyl groups is 1. The fourth-order valence-electron chi connectivity index (χ4n) is 5.10. The zero-order valence-corrected chi connectivity index (χ0v) is 20.7. The predicted molar refractivity (Wildman–Crippen MR) is 136 cm³/mol. The molecule has 8 nitrogen and oxygen atoms in total. The number of hydrogen-bond acceptors (Lipinski definition) is 6. The van der Waals surface area contributed by atoms with Crippen LogP contribution in [0.15, 0.2) is 60.7 Å². The molecule has 1 unspecified atom stereocenters. The van der Waals surface area contributed by atoms with E-state index in [0.717, 1.165) is 5.56 Å². The third-order valence-electron chi connectivity index (χ3n) is 6.66. The van der Waals surface area contributed by atoms with Gasteiger partial charge in [0, 0.05) is 37.9 Å². The molecule has 0 aromatic heterocycles. The first-order valence-electron chi connectivity index (χ1n) is 11.9. The monoisotopic (exact) mass is 490 g/mol. The Balaban J connectivity index is 1.96. The van der Waals surface area contributed by atoms with Crippen LogP contribution in [0.5, 0.6) is 5.75 Å². The molecule has 1 fully saturated rings. The first-order valence-corrected chi connectivity index (χ1v) is 11.9. The topological polar surface area (TPSA) is 96.4 Å². The van der Waals surface area contributed by atoms with Crippen molar-refractivity contribution in [3.63, 3.8) is 0 Å². The molecule has 2 aromatic carbocycles. The molecule has 1 N–H and O–H groups in total. The molecule has 0 bridgehead atoms. The number of likely N-dealkylation sites (tertiary alicyclic amines) is 1. The molecule has 2 aliphatic heterocycles. The van der Waals surface area contributed by atoms with Crippen LogP contribution >= 0.6 is 0 Å². The molecule has 0 aliphatic carbocycles. The van der Waals surface area contributed by atoms with Crippen LogP contribution in [0, 0.1) is 6.92 Å². The molecule has 2 aromatic rings. The van der Waals surface area contributed by atoms with Crippen LogP contribution in [0.25, 0.3) is 5.76 Å². The second-order valence-electron chi connectivity index (χ2n) is 8.71. The number of methoxy groups -OCH3 is 1. The Morgan fingerprint density at radius 3 is 2.58 bits per heavy atom. The molecule has 4 rings (SSSR count). The van der Waals surface area contributed by atoms with Crippen LogP contribution in [-0.2, 0) is 24.7 Å². The highest BCUT2D eigenvalue weighted by atomic mass is 16.5. The van der Waals surface area contributed by atoms with Crippen molar-refractivity contribution in [1.82, 2.24) is 4.90 Å². The summed E-state index contributed by atoms with van der Waals surface area (Å²) in [6.07, 6.45) is 2.04. The predicted octanol–water partition coefficient (Wildman–Crippen LogP) is 3.54. The van der Waals surface area contributed by atoms with E-state index in [0.29, 0.717) is 48.7 Å². The minimum absolute atomic E-state index is 0.111.